The molecule has 0 spiro atoms. The largest absolute Gasteiger partial charge is 0.338 e. The normalized spacial score (nSPS) is 10.7. The summed E-state index contributed by atoms with van der Waals surface area (Å²) in [5.41, 5.74) is 8.32. The zero-order valence-corrected chi connectivity index (χ0v) is 16.1. The maximum Gasteiger partial charge on any atom is 0.248 e. The summed E-state index contributed by atoms with van der Waals surface area (Å²) in [6, 6.07) is 17.2. The molecule has 8 nitrogen and oxygen atoms in total. The van der Waals surface area contributed by atoms with Crippen molar-refractivity contribution in [3.05, 3.63) is 54.6 Å². The number of hydrogen-bond acceptors (Lipinski definition) is 6. The van der Waals surface area contributed by atoms with E-state index in [-0.39, 0.29) is 11.7 Å². The Morgan fingerprint density at radius 1 is 1.04 bits per heavy atom. The second-order valence-electron chi connectivity index (χ2n) is 5.74. The number of amides is 1. The number of carbonyl (C=O) groups excluding carboxylic acids is 1. The van der Waals surface area contributed by atoms with Crippen LogP contribution in [0.15, 0.2) is 59.8 Å². The number of thiocarbonyl (C=S) groups is 1. The Bertz CT molecular complexity index is 1150. The molecular weight excluding hydrogens is 394 g/mol. The fourth-order valence-corrected chi connectivity index (χ4v) is 3.30. The van der Waals surface area contributed by atoms with Gasteiger partial charge in [0.2, 0.25) is 11.1 Å². The zero-order valence-electron chi connectivity index (χ0n) is 14.5. The van der Waals surface area contributed by atoms with Crippen LogP contribution in [0.25, 0.3) is 22.1 Å². The third-order valence-corrected chi connectivity index (χ3v) is 4.82. The van der Waals surface area contributed by atoms with Crippen LogP contribution in [0.3, 0.4) is 0 Å². The summed E-state index contributed by atoms with van der Waals surface area (Å²) >= 11 is 6.32. The first-order valence-electron chi connectivity index (χ1n) is 8.34. The van der Waals surface area contributed by atoms with Crippen LogP contribution in [-0.4, -0.2) is 36.9 Å². The number of H-pyrrole nitrogens is 1. The van der Waals surface area contributed by atoms with E-state index in [1.165, 1.54) is 11.8 Å². The molecule has 1 amide bonds. The van der Waals surface area contributed by atoms with Crippen molar-refractivity contribution in [1.29, 1.82) is 0 Å². The highest BCUT2D eigenvalue weighted by molar-refractivity contribution is 7.99. The number of thioether (sulfide) groups is 1. The summed E-state index contributed by atoms with van der Waals surface area (Å²) in [6.07, 6.45) is 0. The molecular formula is C18H15N7OS2. The van der Waals surface area contributed by atoms with Gasteiger partial charge in [0.05, 0.1) is 5.75 Å². The maximum atomic E-state index is 12.0. The first kappa shape index (κ1) is 18.1. The topological polar surface area (TPSA) is 108 Å². The number of nitrogens with one attached hydrogen (secondary N) is 4. The molecule has 10 heteroatoms. The number of benzene rings is 2. The maximum absolute atomic E-state index is 12.0. The molecule has 28 heavy (non-hydrogen) atoms. The molecule has 140 valence electrons. The monoisotopic (exact) mass is 409 g/mol. The van der Waals surface area contributed by atoms with Gasteiger partial charge in [0.25, 0.3) is 0 Å². The minimum atomic E-state index is -0.262. The Hall–Kier alpha value is -3.24. The fraction of sp³-hybridized carbons (Fsp3) is 0.0556. The molecule has 0 saturated heterocycles. The predicted octanol–water partition coefficient (Wildman–Crippen LogP) is 2.62. The van der Waals surface area contributed by atoms with Gasteiger partial charge >= 0.3 is 0 Å². The molecule has 0 atom stereocenters. The lowest BCUT2D eigenvalue weighted by Crippen LogP contribution is -2.44. The summed E-state index contributed by atoms with van der Waals surface area (Å²) in [6.45, 7) is 0. The van der Waals surface area contributed by atoms with Crippen molar-refractivity contribution >= 4 is 62.8 Å². The number of anilines is 1. The molecule has 0 saturated carbocycles. The van der Waals surface area contributed by atoms with Crippen LogP contribution in [0.5, 0.6) is 0 Å². The number of rotatable bonds is 4. The summed E-state index contributed by atoms with van der Waals surface area (Å²) in [7, 11) is 0. The lowest BCUT2D eigenvalue weighted by atomic mass is 10.2. The Morgan fingerprint density at radius 3 is 2.68 bits per heavy atom. The SMILES string of the molecule is O=C(CSc1nnc2c(n1)[nH]c1ccccc12)NNC(=S)Nc1ccccc1. The quantitative estimate of drug-likeness (QED) is 0.231. The van der Waals surface area contributed by atoms with E-state index in [1.807, 2.05) is 54.6 Å². The number of hydrazine groups is 1. The molecule has 2 aromatic heterocycles. The first-order valence-corrected chi connectivity index (χ1v) is 9.73. The number of aromatic nitrogens is 4. The van der Waals surface area contributed by atoms with Gasteiger partial charge in [-0.3, -0.25) is 15.6 Å². The van der Waals surface area contributed by atoms with Crippen LogP contribution in [0.2, 0.25) is 0 Å². The average molecular weight is 410 g/mol. The number of nitrogens with zero attached hydrogens (tertiary/aromatic N) is 3. The lowest BCUT2D eigenvalue weighted by molar-refractivity contribution is -0.119. The van der Waals surface area contributed by atoms with E-state index in [9.17, 15) is 4.79 Å². The van der Waals surface area contributed by atoms with Crippen LogP contribution in [-0.2, 0) is 4.79 Å². The molecule has 0 aliphatic carbocycles. The Labute approximate surface area is 169 Å². The van der Waals surface area contributed by atoms with Gasteiger partial charge < -0.3 is 10.3 Å². The molecule has 0 radical (unpaired) electrons. The summed E-state index contributed by atoms with van der Waals surface area (Å²) in [5.74, 6) is -0.142. The summed E-state index contributed by atoms with van der Waals surface area (Å²) in [5, 5.41) is 13.0. The molecule has 4 rings (SSSR count). The van der Waals surface area contributed by atoms with Crippen molar-refractivity contribution < 1.29 is 4.79 Å². The second-order valence-corrected chi connectivity index (χ2v) is 7.09. The van der Waals surface area contributed by atoms with Crippen LogP contribution in [0, 0.1) is 0 Å². The number of aromatic amines is 1. The lowest BCUT2D eigenvalue weighted by Gasteiger charge is -2.11. The highest BCUT2D eigenvalue weighted by Crippen LogP contribution is 2.23. The minimum absolute atomic E-state index is 0.119. The van der Waals surface area contributed by atoms with Gasteiger partial charge in [-0.2, -0.15) is 0 Å². The Balaban J connectivity index is 1.30. The second kappa shape index (κ2) is 8.19. The van der Waals surface area contributed by atoms with E-state index in [4.69, 9.17) is 12.2 Å². The third kappa shape index (κ3) is 4.18. The molecule has 0 unspecified atom stereocenters. The van der Waals surface area contributed by atoms with Gasteiger partial charge in [0.15, 0.2) is 10.8 Å². The molecule has 0 aliphatic heterocycles. The zero-order chi connectivity index (χ0) is 19.3. The smallest absolute Gasteiger partial charge is 0.248 e. The van der Waals surface area contributed by atoms with Gasteiger partial charge in [-0.15, -0.1) is 10.2 Å². The highest BCUT2D eigenvalue weighted by Gasteiger charge is 2.10. The van der Waals surface area contributed by atoms with E-state index >= 15 is 0 Å². The fourth-order valence-electron chi connectivity index (χ4n) is 2.54. The minimum Gasteiger partial charge on any atom is -0.338 e. The molecule has 2 aromatic carbocycles. The van der Waals surface area contributed by atoms with Crippen molar-refractivity contribution in [1.82, 2.24) is 31.0 Å². The van der Waals surface area contributed by atoms with E-state index in [2.05, 4.69) is 36.3 Å². The van der Waals surface area contributed by atoms with Crippen molar-refractivity contribution in [3.8, 4) is 0 Å². The van der Waals surface area contributed by atoms with E-state index in [1.54, 1.807) is 0 Å². The van der Waals surface area contributed by atoms with E-state index in [0.29, 0.717) is 21.4 Å². The molecule has 0 aliphatic rings. The van der Waals surface area contributed by atoms with Gasteiger partial charge in [-0.25, -0.2) is 4.98 Å². The molecule has 4 N–H and O–H groups in total. The van der Waals surface area contributed by atoms with Crippen molar-refractivity contribution in [2.75, 3.05) is 11.1 Å². The van der Waals surface area contributed by atoms with Crippen LogP contribution >= 0.6 is 24.0 Å². The van der Waals surface area contributed by atoms with Gasteiger partial charge in [-0.05, 0) is 30.4 Å². The van der Waals surface area contributed by atoms with Crippen molar-refractivity contribution in [3.63, 3.8) is 0 Å². The first-order chi connectivity index (χ1) is 13.7. The van der Waals surface area contributed by atoms with Crippen molar-refractivity contribution in [2.45, 2.75) is 5.16 Å². The van der Waals surface area contributed by atoms with Crippen LogP contribution in [0.4, 0.5) is 5.69 Å². The molecule has 2 heterocycles. The summed E-state index contributed by atoms with van der Waals surface area (Å²) in [4.78, 5) is 19.6. The predicted molar refractivity (Wildman–Crippen MR) is 114 cm³/mol. The number of fused-ring (bicyclic) bond motifs is 3. The molecule has 0 bridgehead atoms. The van der Waals surface area contributed by atoms with Crippen LogP contribution < -0.4 is 16.2 Å². The van der Waals surface area contributed by atoms with Crippen LogP contribution in [0.1, 0.15) is 0 Å². The Kier molecular flexibility index (Phi) is 5.31. The van der Waals surface area contributed by atoms with Gasteiger partial charge in [0, 0.05) is 16.6 Å². The van der Waals surface area contributed by atoms with E-state index in [0.717, 1.165) is 16.6 Å². The summed E-state index contributed by atoms with van der Waals surface area (Å²) < 4.78 is 0. The van der Waals surface area contributed by atoms with E-state index < -0.39 is 0 Å². The Morgan fingerprint density at radius 2 is 1.82 bits per heavy atom. The molecule has 4 aromatic rings. The third-order valence-electron chi connectivity index (χ3n) is 3.78. The van der Waals surface area contributed by atoms with Crippen molar-refractivity contribution in [2.24, 2.45) is 0 Å². The number of carbonyl (C=O) groups is 1. The number of para-hydroxylation sites is 2. The van der Waals surface area contributed by atoms with Gasteiger partial charge in [0.1, 0.15) is 5.52 Å². The molecule has 0 fully saturated rings. The van der Waals surface area contributed by atoms with Gasteiger partial charge in [-0.1, -0.05) is 48.2 Å². The highest BCUT2D eigenvalue weighted by atomic mass is 32.2. The number of hydrogen-bond donors (Lipinski definition) is 4. The standard InChI is InChI=1S/C18H15N7OS2/c26-14(22-24-17(27)19-11-6-2-1-3-7-11)10-28-18-21-16-15(23-25-18)12-8-4-5-9-13(12)20-16/h1-9H,10H2,(H,22,26)(H2,19,24,27)(H,20,21,25). The average Bonchev–Trinajstić information content (AvgIpc) is 3.09.